The van der Waals surface area contributed by atoms with Gasteiger partial charge in [0.25, 0.3) is 5.91 Å². The molecule has 0 radical (unpaired) electrons. The number of nitrogens with one attached hydrogen (secondary N) is 1. The minimum atomic E-state index is -2.56. The van der Waals surface area contributed by atoms with Crippen molar-refractivity contribution in [1.29, 1.82) is 0 Å². The molecule has 0 spiro atoms. The Labute approximate surface area is 117 Å². The summed E-state index contributed by atoms with van der Waals surface area (Å²) in [5.41, 5.74) is -0.353. The van der Waals surface area contributed by atoms with E-state index in [4.69, 9.17) is 9.84 Å². The molecular formula is C12H23NO7. The normalized spacial score (nSPS) is 38.6. The second-order valence-electron chi connectivity index (χ2n) is 6.25. The quantitative estimate of drug-likeness (QED) is 0.320. The summed E-state index contributed by atoms with van der Waals surface area (Å²) >= 11 is 0. The number of amides is 1. The van der Waals surface area contributed by atoms with E-state index in [1.54, 1.807) is 0 Å². The fourth-order valence-corrected chi connectivity index (χ4v) is 1.98. The Morgan fingerprint density at radius 3 is 2.25 bits per heavy atom. The minimum Gasteiger partial charge on any atom is -0.394 e. The summed E-state index contributed by atoms with van der Waals surface area (Å²) in [4.78, 5) is 11.8. The number of aliphatic hydroxyl groups is 5. The monoisotopic (exact) mass is 293 g/mol. The van der Waals surface area contributed by atoms with Crippen LogP contribution in [0, 0.1) is 5.41 Å². The number of carbonyl (C=O) groups is 1. The lowest BCUT2D eigenvalue weighted by Crippen LogP contribution is -2.71. The number of aliphatic hydroxyl groups excluding tert-OH is 4. The highest BCUT2D eigenvalue weighted by atomic mass is 16.7. The zero-order valence-electron chi connectivity index (χ0n) is 11.8. The van der Waals surface area contributed by atoms with Gasteiger partial charge in [0.1, 0.15) is 18.3 Å². The molecule has 1 aliphatic rings. The third-order valence-electron chi connectivity index (χ3n) is 2.98. The first-order valence-electron chi connectivity index (χ1n) is 6.36. The smallest absolute Gasteiger partial charge is 0.279 e. The van der Waals surface area contributed by atoms with Gasteiger partial charge in [0.2, 0.25) is 5.91 Å². The summed E-state index contributed by atoms with van der Waals surface area (Å²) in [7, 11) is 0. The van der Waals surface area contributed by atoms with Crippen LogP contribution in [0.25, 0.3) is 0 Å². The first kappa shape index (κ1) is 17.3. The van der Waals surface area contributed by atoms with Gasteiger partial charge in [0.05, 0.1) is 6.61 Å². The number of carbonyl (C=O) groups excluding carboxylic acids is 1. The van der Waals surface area contributed by atoms with Crippen molar-refractivity contribution in [2.45, 2.75) is 57.5 Å². The molecule has 1 amide bonds. The van der Waals surface area contributed by atoms with Gasteiger partial charge in [0, 0.05) is 6.42 Å². The van der Waals surface area contributed by atoms with Gasteiger partial charge in [0.15, 0.2) is 6.10 Å². The summed E-state index contributed by atoms with van der Waals surface area (Å²) in [6.45, 7) is 4.74. The van der Waals surface area contributed by atoms with Crippen LogP contribution in [0.15, 0.2) is 0 Å². The molecule has 1 heterocycles. The average Bonchev–Trinajstić information content (AvgIpc) is 2.29. The lowest BCUT2D eigenvalue weighted by Gasteiger charge is -2.45. The van der Waals surface area contributed by atoms with E-state index in [0.29, 0.717) is 0 Å². The predicted octanol–water partition coefficient (Wildman–Crippen LogP) is -2.34. The molecule has 0 saturated carbocycles. The van der Waals surface area contributed by atoms with E-state index in [0.717, 1.165) is 0 Å². The molecule has 8 heteroatoms. The minimum absolute atomic E-state index is 0.0494. The highest BCUT2D eigenvalue weighted by Gasteiger charge is 2.53. The molecule has 0 aromatic heterocycles. The largest absolute Gasteiger partial charge is 0.394 e. The lowest BCUT2D eigenvalue weighted by molar-refractivity contribution is -0.358. The molecule has 0 aromatic carbocycles. The summed E-state index contributed by atoms with van der Waals surface area (Å²) in [6, 6.07) is 0. The van der Waals surface area contributed by atoms with Crippen molar-refractivity contribution >= 4 is 5.91 Å². The van der Waals surface area contributed by atoms with Crippen molar-refractivity contribution in [3.05, 3.63) is 0 Å². The summed E-state index contributed by atoms with van der Waals surface area (Å²) in [6.07, 6.45) is -6.55. The number of hydrogen-bond donors (Lipinski definition) is 6. The molecule has 20 heavy (non-hydrogen) atoms. The Morgan fingerprint density at radius 2 is 1.80 bits per heavy atom. The molecule has 1 fully saturated rings. The van der Waals surface area contributed by atoms with Crippen LogP contribution >= 0.6 is 0 Å². The van der Waals surface area contributed by atoms with Gasteiger partial charge in [-0.2, -0.15) is 0 Å². The molecule has 0 aromatic rings. The standard InChI is InChI=1S/C12H23NO7/c1-11(2,3)4-7(15)13-12(19)10(18)9(17)8(16)6(5-14)20-12/h6,8-10,14,16-19H,4-5H2,1-3H3,(H,13,15)/t6-,8-,9+,10-,12+/m1/s1. The second kappa shape index (κ2) is 5.92. The van der Waals surface area contributed by atoms with Crippen LogP contribution in [0.4, 0.5) is 0 Å². The summed E-state index contributed by atoms with van der Waals surface area (Å²) in [5.74, 6) is -3.16. The maximum atomic E-state index is 11.8. The van der Waals surface area contributed by atoms with Gasteiger partial charge < -0.3 is 35.6 Å². The summed E-state index contributed by atoms with van der Waals surface area (Å²) < 4.78 is 4.92. The van der Waals surface area contributed by atoms with Crippen LogP contribution in [0.1, 0.15) is 27.2 Å². The van der Waals surface area contributed by atoms with Crippen LogP contribution in [-0.4, -0.2) is 68.4 Å². The fourth-order valence-electron chi connectivity index (χ4n) is 1.98. The number of hydrogen-bond acceptors (Lipinski definition) is 7. The van der Waals surface area contributed by atoms with Crippen LogP contribution in [0.3, 0.4) is 0 Å². The van der Waals surface area contributed by atoms with E-state index in [1.807, 2.05) is 20.8 Å². The zero-order chi connectivity index (χ0) is 15.7. The molecular weight excluding hydrogens is 270 g/mol. The van der Waals surface area contributed by atoms with Crippen molar-refractivity contribution < 1.29 is 35.1 Å². The third kappa shape index (κ3) is 3.87. The maximum Gasteiger partial charge on any atom is 0.279 e. The fraction of sp³-hybridized carbons (Fsp3) is 0.917. The van der Waals surface area contributed by atoms with Gasteiger partial charge >= 0.3 is 0 Å². The molecule has 0 bridgehead atoms. The van der Waals surface area contributed by atoms with Gasteiger partial charge in [-0.05, 0) is 5.41 Å². The molecule has 1 saturated heterocycles. The molecule has 0 unspecified atom stereocenters. The lowest BCUT2D eigenvalue weighted by atomic mass is 9.91. The van der Waals surface area contributed by atoms with Crippen molar-refractivity contribution in [3.8, 4) is 0 Å². The third-order valence-corrected chi connectivity index (χ3v) is 2.98. The Bertz CT molecular complexity index is 354. The molecule has 1 rings (SSSR count). The Hall–Kier alpha value is -0.770. The van der Waals surface area contributed by atoms with Crippen molar-refractivity contribution in [2.75, 3.05) is 6.61 Å². The second-order valence-corrected chi connectivity index (χ2v) is 6.25. The Kier molecular flexibility index (Phi) is 5.12. The summed E-state index contributed by atoms with van der Waals surface area (Å²) in [5, 5.41) is 50.1. The van der Waals surface area contributed by atoms with Gasteiger partial charge in [-0.3, -0.25) is 4.79 Å². The van der Waals surface area contributed by atoms with Gasteiger partial charge in [-0.15, -0.1) is 0 Å². The van der Waals surface area contributed by atoms with Crippen LogP contribution < -0.4 is 5.32 Å². The van der Waals surface area contributed by atoms with Crippen LogP contribution in [0.2, 0.25) is 0 Å². The highest BCUT2D eigenvalue weighted by Crippen LogP contribution is 2.27. The van der Waals surface area contributed by atoms with Crippen molar-refractivity contribution in [2.24, 2.45) is 5.41 Å². The molecule has 0 aliphatic carbocycles. The number of ether oxygens (including phenoxy) is 1. The van der Waals surface area contributed by atoms with E-state index in [-0.39, 0.29) is 11.8 Å². The van der Waals surface area contributed by atoms with E-state index < -0.39 is 42.8 Å². The zero-order valence-corrected chi connectivity index (χ0v) is 11.8. The van der Waals surface area contributed by atoms with E-state index >= 15 is 0 Å². The predicted molar refractivity (Wildman–Crippen MR) is 67.1 cm³/mol. The molecule has 118 valence electrons. The number of rotatable bonds is 3. The molecule has 1 aliphatic heterocycles. The van der Waals surface area contributed by atoms with Crippen molar-refractivity contribution in [1.82, 2.24) is 5.32 Å². The first-order chi connectivity index (χ1) is 9.00. The van der Waals surface area contributed by atoms with Gasteiger partial charge in [-0.25, -0.2) is 0 Å². The first-order valence-corrected chi connectivity index (χ1v) is 6.36. The topological polar surface area (TPSA) is 139 Å². The maximum absolute atomic E-state index is 11.8. The SMILES string of the molecule is CC(C)(C)CC(=O)N[C@@]1(O)O[C@H](CO)[C@@H](O)[C@H](O)[C@H]1O. The van der Waals surface area contributed by atoms with E-state index in [2.05, 4.69) is 5.32 Å². The average molecular weight is 293 g/mol. The molecule has 8 nitrogen and oxygen atoms in total. The van der Waals surface area contributed by atoms with E-state index in [1.165, 1.54) is 0 Å². The van der Waals surface area contributed by atoms with E-state index in [9.17, 15) is 25.2 Å². The molecule has 5 atom stereocenters. The van der Waals surface area contributed by atoms with Crippen molar-refractivity contribution in [3.63, 3.8) is 0 Å². The van der Waals surface area contributed by atoms with Gasteiger partial charge in [-0.1, -0.05) is 20.8 Å². The van der Waals surface area contributed by atoms with Crippen LogP contribution in [0.5, 0.6) is 0 Å². The highest BCUT2D eigenvalue weighted by molar-refractivity contribution is 5.77. The Balaban J connectivity index is 2.82. The Morgan fingerprint density at radius 1 is 1.25 bits per heavy atom. The van der Waals surface area contributed by atoms with Crippen LogP contribution in [-0.2, 0) is 9.53 Å². The molecule has 6 N–H and O–H groups in total.